The third kappa shape index (κ3) is 2.62. The van der Waals surface area contributed by atoms with Crippen LogP contribution in [0, 0.1) is 13.8 Å². The van der Waals surface area contributed by atoms with E-state index in [-0.39, 0.29) is 5.91 Å². The maximum Gasteiger partial charge on any atom is 0.284 e. The number of aryl methyl sites for hydroxylation is 2. The molecule has 0 saturated heterocycles. The van der Waals surface area contributed by atoms with Gasteiger partial charge in [0.15, 0.2) is 0 Å². The largest absolute Gasteiger partial charge is 0.284 e. The van der Waals surface area contributed by atoms with Crippen molar-refractivity contribution >= 4 is 40.1 Å². The lowest BCUT2D eigenvalue weighted by atomic mass is 10.2. The van der Waals surface area contributed by atoms with Crippen LogP contribution in [0.15, 0.2) is 45.6 Å². The van der Waals surface area contributed by atoms with Crippen LogP contribution in [0.5, 0.6) is 0 Å². The lowest BCUT2D eigenvalue weighted by Crippen LogP contribution is -1.90. The summed E-state index contributed by atoms with van der Waals surface area (Å²) >= 11 is 3.10. The van der Waals surface area contributed by atoms with Crippen molar-refractivity contribution in [2.45, 2.75) is 13.8 Å². The van der Waals surface area contributed by atoms with Crippen LogP contribution in [0.25, 0.3) is 6.08 Å². The van der Waals surface area contributed by atoms with Gasteiger partial charge in [-0.05, 0) is 36.9 Å². The summed E-state index contributed by atoms with van der Waals surface area (Å²) < 4.78 is 0. The first kappa shape index (κ1) is 13.3. The van der Waals surface area contributed by atoms with Crippen molar-refractivity contribution in [2.75, 3.05) is 0 Å². The highest BCUT2D eigenvalue weighted by atomic mass is 32.2. The van der Waals surface area contributed by atoms with E-state index >= 15 is 0 Å². The fourth-order valence-corrected chi connectivity index (χ4v) is 3.71. The van der Waals surface area contributed by atoms with Gasteiger partial charge in [0.05, 0.1) is 4.91 Å². The van der Waals surface area contributed by atoms with Crippen LogP contribution >= 0.6 is 23.1 Å². The van der Waals surface area contributed by atoms with Crippen LogP contribution in [0.2, 0.25) is 0 Å². The lowest BCUT2D eigenvalue weighted by Gasteiger charge is -1.99. The van der Waals surface area contributed by atoms with Gasteiger partial charge in [-0.15, -0.1) is 11.3 Å². The van der Waals surface area contributed by atoms with Gasteiger partial charge >= 0.3 is 0 Å². The van der Waals surface area contributed by atoms with Crippen LogP contribution in [-0.2, 0) is 4.79 Å². The van der Waals surface area contributed by atoms with Crippen molar-refractivity contribution in [3.05, 3.63) is 62.2 Å². The second kappa shape index (κ2) is 5.38. The highest BCUT2D eigenvalue weighted by molar-refractivity contribution is 8.19. The van der Waals surface area contributed by atoms with E-state index in [0.717, 1.165) is 15.5 Å². The number of hydrogen-bond donors (Lipinski definition) is 0. The summed E-state index contributed by atoms with van der Waals surface area (Å²) in [6.45, 7) is 4.10. The van der Waals surface area contributed by atoms with Crippen molar-refractivity contribution in [1.82, 2.24) is 0 Å². The summed E-state index contributed by atoms with van der Waals surface area (Å²) in [5.41, 5.74) is 3.40. The molecule has 1 aliphatic heterocycles. The van der Waals surface area contributed by atoms with E-state index in [1.807, 2.05) is 42.6 Å². The molecule has 20 heavy (non-hydrogen) atoms. The van der Waals surface area contributed by atoms with Crippen LogP contribution in [0.3, 0.4) is 0 Å². The third-order valence-electron chi connectivity index (χ3n) is 3.08. The highest BCUT2D eigenvalue weighted by Crippen LogP contribution is 2.33. The van der Waals surface area contributed by atoms with Gasteiger partial charge in [-0.2, -0.15) is 0 Å². The molecule has 0 atom stereocenters. The van der Waals surface area contributed by atoms with E-state index in [9.17, 15) is 4.79 Å². The molecule has 0 bridgehead atoms. The molecule has 0 N–H and O–H groups in total. The summed E-state index contributed by atoms with van der Waals surface area (Å²) in [7, 11) is 0. The van der Waals surface area contributed by atoms with Crippen LogP contribution in [-0.4, -0.2) is 11.0 Å². The molecule has 3 rings (SSSR count). The number of thioether (sulfide) groups is 1. The van der Waals surface area contributed by atoms with Crippen LogP contribution in [0.1, 0.15) is 21.6 Å². The second-order valence-corrected chi connectivity index (χ2v) is 6.64. The summed E-state index contributed by atoms with van der Waals surface area (Å²) in [5.74, 6) is -0.140. The van der Waals surface area contributed by atoms with E-state index in [1.54, 1.807) is 11.3 Å². The lowest BCUT2D eigenvalue weighted by molar-refractivity contribution is -0.113. The fraction of sp³-hybridized carbons (Fsp3) is 0.125. The molecule has 0 radical (unpaired) electrons. The molecular weight excluding hydrogens is 286 g/mol. The summed E-state index contributed by atoms with van der Waals surface area (Å²) in [5, 5.41) is 2.82. The predicted molar refractivity (Wildman–Crippen MR) is 87.3 cm³/mol. The SMILES string of the molecule is Cc1ccc(C2=NC(=O)/C(=C/c3sccc3C)S2)cc1. The fourth-order valence-electron chi connectivity index (χ4n) is 1.88. The first-order valence-electron chi connectivity index (χ1n) is 6.27. The highest BCUT2D eigenvalue weighted by Gasteiger charge is 2.23. The molecule has 0 fully saturated rings. The van der Waals surface area contributed by atoms with Gasteiger partial charge in [-0.1, -0.05) is 41.6 Å². The number of carbonyl (C=O) groups excluding carboxylic acids is 1. The number of amides is 1. The average Bonchev–Trinajstić information content (AvgIpc) is 2.99. The molecule has 0 spiro atoms. The van der Waals surface area contributed by atoms with E-state index in [4.69, 9.17) is 0 Å². The zero-order valence-electron chi connectivity index (χ0n) is 11.2. The van der Waals surface area contributed by atoms with Crippen molar-refractivity contribution in [2.24, 2.45) is 4.99 Å². The molecule has 1 aromatic heterocycles. The summed E-state index contributed by atoms with van der Waals surface area (Å²) in [6.07, 6.45) is 1.94. The molecule has 0 saturated carbocycles. The molecule has 0 aliphatic carbocycles. The minimum Gasteiger partial charge on any atom is -0.266 e. The number of carbonyl (C=O) groups is 1. The van der Waals surface area contributed by atoms with Gasteiger partial charge in [-0.3, -0.25) is 4.79 Å². The Bertz CT molecular complexity index is 723. The molecule has 0 unspecified atom stereocenters. The van der Waals surface area contributed by atoms with Gasteiger partial charge < -0.3 is 0 Å². The van der Waals surface area contributed by atoms with E-state index in [1.165, 1.54) is 22.9 Å². The Morgan fingerprint density at radius 1 is 1.10 bits per heavy atom. The molecule has 100 valence electrons. The maximum atomic E-state index is 12.0. The van der Waals surface area contributed by atoms with Gasteiger partial charge in [0.25, 0.3) is 5.91 Å². The number of hydrogen-bond acceptors (Lipinski definition) is 3. The van der Waals surface area contributed by atoms with Gasteiger partial charge in [0, 0.05) is 10.4 Å². The molecule has 4 heteroatoms. The molecular formula is C16H13NOS2. The standard InChI is InChI=1S/C16H13NOS2/c1-10-3-5-12(6-4-10)16-17-15(18)14(20-16)9-13-11(2)7-8-19-13/h3-9H,1-2H3/b14-9-. The monoisotopic (exact) mass is 299 g/mol. The van der Waals surface area contributed by atoms with Crippen molar-refractivity contribution in [1.29, 1.82) is 0 Å². The number of thiophene rings is 1. The number of benzene rings is 1. The predicted octanol–water partition coefficient (Wildman–Crippen LogP) is 4.43. The smallest absolute Gasteiger partial charge is 0.266 e. The first-order valence-corrected chi connectivity index (χ1v) is 7.97. The summed E-state index contributed by atoms with van der Waals surface area (Å²) in [6, 6.07) is 10.1. The van der Waals surface area contributed by atoms with Gasteiger partial charge in [0.1, 0.15) is 5.04 Å². The number of aliphatic imine (C=N–C) groups is 1. The Morgan fingerprint density at radius 2 is 1.85 bits per heavy atom. The topological polar surface area (TPSA) is 29.4 Å². The summed E-state index contributed by atoms with van der Waals surface area (Å²) in [4.78, 5) is 18.0. The number of rotatable bonds is 2. The van der Waals surface area contributed by atoms with Crippen molar-refractivity contribution in [3.63, 3.8) is 0 Å². The van der Waals surface area contributed by atoms with Gasteiger partial charge in [0.2, 0.25) is 0 Å². The minimum absolute atomic E-state index is 0.140. The van der Waals surface area contributed by atoms with Crippen molar-refractivity contribution in [3.8, 4) is 0 Å². The molecule has 1 aliphatic rings. The Hall–Kier alpha value is -1.65. The Kier molecular flexibility index (Phi) is 3.59. The number of nitrogens with zero attached hydrogens (tertiary/aromatic N) is 1. The average molecular weight is 299 g/mol. The Labute approximate surface area is 126 Å². The molecule has 2 heterocycles. The van der Waals surface area contributed by atoms with Gasteiger partial charge in [-0.25, -0.2) is 4.99 Å². The third-order valence-corrected chi connectivity index (χ3v) is 5.08. The molecule has 2 nitrogen and oxygen atoms in total. The Morgan fingerprint density at radius 3 is 2.50 bits per heavy atom. The van der Waals surface area contributed by atoms with Crippen LogP contribution in [0.4, 0.5) is 0 Å². The van der Waals surface area contributed by atoms with Crippen LogP contribution < -0.4 is 0 Å². The normalized spacial score (nSPS) is 16.8. The van der Waals surface area contributed by atoms with Crippen molar-refractivity contribution < 1.29 is 4.79 Å². The molecule has 1 aromatic carbocycles. The first-order chi connectivity index (χ1) is 9.63. The molecule has 2 aromatic rings. The zero-order chi connectivity index (χ0) is 14.1. The molecule has 1 amide bonds. The second-order valence-electron chi connectivity index (χ2n) is 4.67. The quantitative estimate of drug-likeness (QED) is 0.768. The Balaban J connectivity index is 1.87. The van der Waals surface area contributed by atoms with E-state index in [0.29, 0.717) is 4.91 Å². The van der Waals surface area contributed by atoms with E-state index in [2.05, 4.69) is 18.0 Å². The van der Waals surface area contributed by atoms with E-state index < -0.39 is 0 Å². The maximum absolute atomic E-state index is 12.0. The minimum atomic E-state index is -0.140. The zero-order valence-corrected chi connectivity index (χ0v) is 12.8.